The molecule has 80 valence electrons. The van der Waals surface area contributed by atoms with Gasteiger partial charge in [0.2, 0.25) is 0 Å². The molecule has 0 fully saturated rings. The van der Waals surface area contributed by atoms with E-state index in [1.54, 1.807) is 13.8 Å². The molecule has 0 N–H and O–H groups in total. The Morgan fingerprint density at radius 1 is 1.00 bits per heavy atom. The van der Waals surface area contributed by atoms with Crippen molar-refractivity contribution in [1.82, 2.24) is 0 Å². The van der Waals surface area contributed by atoms with Crippen molar-refractivity contribution in [2.45, 2.75) is 59.7 Å². The van der Waals surface area contributed by atoms with Crippen LogP contribution in [0.5, 0.6) is 0 Å². The third-order valence-electron chi connectivity index (χ3n) is 2.13. The highest BCUT2D eigenvalue weighted by Gasteiger charge is 2.47. The molecule has 0 atom stereocenters. The topological polar surface area (TPSA) is 9.23 Å². The summed E-state index contributed by atoms with van der Waals surface area (Å²) in [5.74, 6) is 0. The predicted molar refractivity (Wildman–Crippen MR) is 49.9 cm³/mol. The van der Waals surface area contributed by atoms with E-state index in [0.717, 1.165) is 0 Å². The van der Waals surface area contributed by atoms with E-state index in [1.165, 1.54) is 20.8 Å². The molecule has 0 radical (unpaired) electrons. The van der Waals surface area contributed by atoms with Gasteiger partial charge in [-0.1, -0.05) is 27.7 Å². The molecule has 0 heterocycles. The quantitative estimate of drug-likeness (QED) is 0.663. The van der Waals surface area contributed by atoms with Crippen LogP contribution in [-0.4, -0.2) is 11.7 Å². The lowest BCUT2D eigenvalue weighted by atomic mass is 9.94. The van der Waals surface area contributed by atoms with Crippen LogP contribution in [0.1, 0.15) is 48.0 Å². The summed E-state index contributed by atoms with van der Waals surface area (Å²) in [4.78, 5) is 0. The molecule has 0 aromatic rings. The largest absolute Gasteiger partial charge is 0.360 e. The molecule has 0 spiro atoms. The molecule has 0 aromatic carbocycles. The second-order valence-corrected chi connectivity index (χ2v) is 4.98. The maximum absolute atomic E-state index is 13.4. The maximum Gasteiger partial charge on any atom is 0.360 e. The van der Waals surface area contributed by atoms with E-state index >= 15 is 0 Å². The van der Waals surface area contributed by atoms with Crippen molar-refractivity contribution < 1.29 is 13.5 Å². The molecule has 0 aliphatic heterocycles. The molecule has 0 amide bonds. The van der Waals surface area contributed by atoms with Crippen molar-refractivity contribution in [3.8, 4) is 0 Å². The van der Waals surface area contributed by atoms with Crippen LogP contribution in [0.2, 0.25) is 0 Å². The Morgan fingerprint density at radius 3 is 1.62 bits per heavy atom. The van der Waals surface area contributed by atoms with Crippen LogP contribution in [0.25, 0.3) is 0 Å². The smallest absolute Gasteiger partial charge is 0.314 e. The van der Waals surface area contributed by atoms with Crippen LogP contribution < -0.4 is 0 Å². The Labute approximate surface area is 79.5 Å². The molecular formula is C10H20F2O. The van der Waals surface area contributed by atoms with Crippen LogP contribution in [0.15, 0.2) is 0 Å². The van der Waals surface area contributed by atoms with Gasteiger partial charge < -0.3 is 4.74 Å². The van der Waals surface area contributed by atoms with Gasteiger partial charge >= 0.3 is 6.11 Å². The van der Waals surface area contributed by atoms with Crippen LogP contribution in [0.3, 0.4) is 0 Å². The highest BCUT2D eigenvalue weighted by Crippen LogP contribution is 2.40. The lowest BCUT2D eigenvalue weighted by Crippen LogP contribution is -2.43. The van der Waals surface area contributed by atoms with Crippen LogP contribution in [0.4, 0.5) is 8.78 Å². The minimum atomic E-state index is -3.08. The fourth-order valence-corrected chi connectivity index (χ4v) is 0.572. The Kier molecular flexibility index (Phi) is 3.47. The Bertz CT molecular complexity index is 168. The molecule has 0 aromatic heterocycles. The summed E-state index contributed by atoms with van der Waals surface area (Å²) in [6, 6.07) is 0. The molecule has 0 rings (SSSR count). The summed E-state index contributed by atoms with van der Waals surface area (Å²) in [6.45, 7) is 9.59. The number of hydrogen-bond donors (Lipinski definition) is 0. The summed E-state index contributed by atoms with van der Waals surface area (Å²) < 4.78 is 31.6. The molecule has 13 heavy (non-hydrogen) atoms. The van der Waals surface area contributed by atoms with Gasteiger partial charge in [0.1, 0.15) is 0 Å². The lowest BCUT2D eigenvalue weighted by molar-refractivity contribution is -0.334. The van der Waals surface area contributed by atoms with E-state index in [4.69, 9.17) is 4.74 Å². The Morgan fingerprint density at radius 2 is 1.38 bits per heavy atom. The number of alkyl halides is 2. The lowest BCUT2D eigenvalue weighted by Gasteiger charge is -2.36. The van der Waals surface area contributed by atoms with Crippen molar-refractivity contribution >= 4 is 0 Å². The maximum atomic E-state index is 13.4. The monoisotopic (exact) mass is 194 g/mol. The van der Waals surface area contributed by atoms with Gasteiger partial charge in [-0.25, -0.2) is 0 Å². The van der Waals surface area contributed by atoms with E-state index in [-0.39, 0.29) is 0 Å². The first kappa shape index (κ1) is 12.8. The van der Waals surface area contributed by atoms with Crippen LogP contribution >= 0.6 is 0 Å². The fourth-order valence-electron chi connectivity index (χ4n) is 0.572. The SMILES string of the molecule is CCC(C)(C)OC(F)(F)C(C)(C)C. The van der Waals surface area contributed by atoms with E-state index in [1.807, 2.05) is 6.92 Å². The first-order valence-electron chi connectivity index (χ1n) is 4.60. The van der Waals surface area contributed by atoms with Crippen molar-refractivity contribution in [3.05, 3.63) is 0 Å². The van der Waals surface area contributed by atoms with E-state index in [0.29, 0.717) is 6.42 Å². The fraction of sp³-hybridized carbons (Fsp3) is 1.00. The zero-order chi connectivity index (χ0) is 10.9. The molecule has 3 heteroatoms. The third-order valence-corrected chi connectivity index (χ3v) is 2.13. The van der Waals surface area contributed by atoms with Gasteiger partial charge in [-0.15, -0.1) is 0 Å². The Balaban J connectivity index is 4.52. The summed E-state index contributed by atoms with van der Waals surface area (Å²) >= 11 is 0. The highest BCUT2D eigenvalue weighted by atomic mass is 19.3. The number of rotatable bonds is 3. The molecular weight excluding hydrogens is 174 g/mol. The number of hydrogen-bond acceptors (Lipinski definition) is 1. The normalized spacial score (nSPS) is 14.8. The average molecular weight is 194 g/mol. The zero-order valence-corrected chi connectivity index (χ0v) is 9.37. The first-order valence-corrected chi connectivity index (χ1v) is 4.60. The molecule has 0 saturated carbocycles. The second kappa shape index (κ2) is 3.52. The minimum Gasteiger partial charge on any atom is -0.314 e. The summed E-state index contributed by atoms with van der Waals surface area (Å²) in [7, 11) is 0. The van der Waals surface area contributed by atoms with E-state index in [2.05, 4.69) is 0 Å². The summed E-state index contributed by atoms with van der Waals surface area (Å²) in [5, 5.41) is 0. The molecule has 0 unspecified atom stereocenters. The molecule has 0 saturated heterocycles. The highest BCUT2D eigenvalue weighted by molar-refractivity contribution is 4.77. The molecule has 0 bridgehead atoms. The van der Waals surface area contributed by atoms with Gasteiger partial charge in [0, 0.05) is 0 Å². The Hall–Kier alpha value is -0.180. The van der Waals surface area contributed by atoms with Crippen molar-refractivity contribution in [2.75, 3.05) is 0 Å². The van der Waals surface area contributed by atoms with E-state index in [9.17, 15) is 8.78 Å². The van der Waals surface area contributed by atoms with Crippen molar-refractivity contribution in [1.29, 1.82) is 0 Å². The van der Waals surface area contributed by atoms with Crippen molar-refractivity contribution in [2.24, 2.45) is 5.41 Å². The van der Waals surface area contributed by atoms with Crippen molar-refractivity contribution in [3.63, 3.8) is 0 Å². The second-order valence-electron chi connectivity index (χ2n) is 4.98. The number of halogens is 2. The first-order chi connectivity index (χ1) is 5.52. The van der Waals surface area contributed by atoms with Gasteiger partial charge in [-0.05, 0) is 20.3 Å². The van der Waals surface area contributed by atoms with Gasteiger partial charge in [0.25, 0.3) is 0 Å². The molecule has 0 aliphatic carbocycles. The predicted octanol–water partition coefficient (Wildman–Crippen LogP) is 3.83. The van der Waals surface area contributed by atoms with Gasteiger partial charge in [-0.2, -0.15) is 8.78 Å². The molecule has 1 nitrogen and oxygen atoms in total. The minimum absolute atomic E-state index is 0.568. The zero-order valence-electron chi connectivity index (χ0n) is 9.37. The summed E-state index contributed by atoms with van der Waals surface area (Å²) in [6.07, 6.45) is -2.51. The van der Waals surface area contributed by atoms with E-state index < -0.39 is 17.1 Å². The standard InChI is InChI=1S/C10H20F2O/c1-7-9(5,6)13-10(11,12)8(2,3)4/h7H2,1-6H3. The third kappa shape index (κ3) is 3.59. The van der Waals surface area contributed by atoms with Crippen LogP contribution in [0, 0.1) is 5.41 Å². The number of ether oxygens (including phenoxy) is 1. The van der Waals surface area contributed by atoms with Gasteiger partial charge in [0.15, 0.2) is 0 Å². The summed E-state index contributed by atoms with van der Waals surface area (Å²) in [5.41, 5.74) is -1.92. The van der Waals surface area contributed by atoms with Gasteiger partial charge in [-0.3, -0.25) is 0 Å². The van der Waals surface area contributed by atoms with Crippen LogP contribution in [-0.2, 0) is 4.74 Å². The van der Waals surface area contributed by atoms with Gasteiger partial charge in [0.05, 0.1) is 11.0 Å². The average Bonchev–Trinajstić information content (AvgIpc) is 1.83. The molecule has 0 aliphatic rings.